The molecule has 176 valence electrons. The molecule has 3 aromatic rings. The van der Waals surface area contributed by atoms with Gasteiger partial charge in [-0.25, -0.2) is 9.50 Å². The van der Waals surface area contributed by atoms with Crippen molar-refractivity contribution >= 4 is 11.3 Å². The lowest BCUT2D eigenvalue weighted by Crippen LogP contribution is -2.42. The molecule has 0 aromatic carbocycles. The number of H-pyrrole nitrogens is 1. The van der Waals surface area contributed by atoms with Crippen LogP contribution >= 0.6 is 0 Å². The number of alkyl halides is 3. The number of nitrogens with zero attached hydrogens (tertiary/aromatic N) is 5. The first-order valence-electron chi connectivity index (χ1n) is 10.8. The Morgan fingerprint density at radius 2 is 1.85 bits per heavy atom. The molecule has 2 N–H and O–H groups in total. The van der Waals surface area contributed by atoms with E-state index in [2.05, 4.69) is 25.3 Å². The van der Waals surface area contributed by atoms with Crippen molar-refractivity contribution in [1.29, 1.82) is 0 Å². The van der Waals surface area contributed by atoms with Crippen molar-refractivity contribution in [2.45, 2.75) is 12.7 Å². The van der Waals surface area contributed by atoms with E-state index in [1.54, 1.807) is 4.52 Å². The maximum atomic E-state index is 13.7. The fourth-order valence-electron chi connectivity index (χ4n) is 4.26. The number of nitrogens with one attached hydrogen (secondary N) is 2. The minimum atomic E-state index is -4.72. The van der Waals surface area contributed by atoms with E-state index in [9.17, 15) is 18.0 Å². The van der Waals surface area contributed by atoms with Crippen LogP contribution < -0.4 is 15.8 Å². The molecule has 5 rings (SSSR count). The van der Waals surface area contributed by atoms with Gasteiger partial charge in [0.2, 0.25) is 5.56 Å². The monoisotopic (exact) mass is 463 g/mol. The summed E-state index contributed by atoms with van der Waals surface area (Å²) in [4.78, 5) is 22.8. The van der Waals surface area contributed by atoms with Gasteiger partial charge in [0, 0.05) is 69.8 Å². The van der Waals surface area contributed by atoms with E-state index >= 15 is 0 Å². The number of hydrogen-bond donors (Lipinski definition) is 2. The van der Waals surface area contributed by atoms with Gasteiger partial charge in [-0.3, -0.25) is 9.69 Å². The summed E-state index contributed by atoms with van der Waals surface area (Å²) in [5.41, 5.74) is -0.429. The summed E-state index contributed by atoms with van der Waals surface area (Å²) in [7, 11) is 0. The Hall–Kier alpha value is -2.96. The van der Waals surface area contributed by atoms with Crippen LogP contribution in [0.3, 0.4) is 0 Å². The lowest BCUT2D eigenvalue weighted by Gasteiger charge is -2.28. The van der Waals surface area contributed by atoms with Crippen molar-refractivity contribution in [3.05, 3.63) is 46.0 Å². The molecule has 2 aliphatic heterocycles. The number of piperazine rings is 1. The number of rotatable bonds is 4. The minimum absolute atomic E-state index is 0.100. The average molecular weight is 463 g/mol. The predicted octanol–water partition coefficient (Wildman–Crippen LogP) is 1.35. The highest BCUT2D eigenvalue weighted by molar-refractivity contribution is 5.73. The van der Waals surface area contributed by atoms with Crippen LogP contribution in [-0.2, 0) is 17.5 Å². The van der Waals surface area contributed by atoms with Crippen LogP contribution in [0.15, 0.2) is 29.3 Å². The Kier molecular flexibility index (Phi) is 5.81. The normalized spacial score (nSPS) is 18.2. The highest BCUT2D eigenvalue weighted by atomic mass is 19.4. The van der Waals surface area contributed by atoms with E-state index in [-0.39, 0.29) is 11.4 Å². The molecule has 2 aliphatic rings. The molecule has 0 spiro atoms. The minimum Gasteiger partial charge on any atom is -0.378 e. The Labute approximate surface area is 187 Å². The van der Waals surface area contributed by atoms with Crippen molar-refractivity contribution < 1.29 is 17.9 Å². The van der Waals surface area contributed by atoms with E-state index in [4.69, 9.17) is 4.74 Å². The van der Waals surface area contributed by atoms with Crippen LogP contribution in [0.5, 0.6) is 0 Å². The third-order valence-electron chi connectivity index (χ3n) is 5.90. The van der Waals surface area contributed by atoms with Crippen LogP contribution in [-0.4, -0.2) is 77.0 Å². The second-order valence-corrected chi connectivity index (χ2v) is 8.19. The summed E-state index contributed by atoms with van der Waals surface area (Å²) >= 11 is 0. The number of pyridine rings is 1. The van der Waals surface area contributed by atoms with E-state index in [1.165, 1.54) is 0 Å². The average Bonchev–Trinajstić information content (AvgIpc) is 3.21. The van der Waals surface area contributed by atoms with Gasteiger partial charge >= 0.3 is 6.18 Å². The van der Waals surface area contributed by atoms with Crippen LogP contribution in [0.25, 0.3) is 16.9 Å². The highest BCUT2D eigenvalue weighted by Gasteiger charge is 2.35. The molecule has 2 fully saturated rings. The number of fused-ring (bicyclic) bond motifs is 1. The Morgan fingerprint density at radius 3 is 2.58 bits per heavy atom. The van der Waals surface area contributed by atoms with Gasteiger partial charge in [-0.05, 0) is 11.6 Å². The first kappa shape index (κ1) is 21.9. The van der Waals surface area contributed by atoms with Gasteiger partial charge in [-0.2, -0.15) is 13.2 Å². The first-order valence-corrected chi connectivity index (χ1v) is 10.8. The van der Waals surface area contributed by atoms with Crippen molar-refractivity contribution in [2.24, 2.45) is 0 Å². The van der Waals surface area contributed by atoms with E-state index in [0.29, 0.717) is 38.2 Å². The summed E-state index contributed by atoms with van der Waals surface area (Å²) in [5.74, 6) is 0.450. The third-order valence-corrected chi connectivity index (χ3v) is 5.90. The first-order chi connectivity index (χ1) is 15.9. The molecular formula is C21H24F3N7O2. The number of ether oxygens (including phenoxy) is 1. The van der Waals surface area contributed by atoms with Crippen LogP contribution in [0.1, 0.15) is 11.1 Å². The number of aromatic amines is 1. The second-order valence-electron chi connectivity index (χ2n) is 8.19. The largest absolute Gasteiger partial charge is 0.417 e. The molecule has 12 heteroatoms. The molecule has 0 unspecified atom stereocenters. The molecule has 5 heterocycles. The molecule has 2 saturated heterocycles. The number of morpholine rings is 1. The molecule has 0 saturated carbocycles. The summed E-state index contributed by atoms with van der Waals surface area (Å²) in [6.45, 7) is 6.56. The molecular weight excluding hydrogens is 439 g/mol. The molecule has 3 aromatic heterocycles. The quantitative estimate of drug-likeness (QED) is 0.604. The summed E-state index contributed by atoms with van der Waals surface area (Å²) in [6, 6.07) is 2.54. The Morgan fingerprint density at radius 1 is 1.09 bits per heavy atom. The highest BCUT2D eigenvalue weighted by Crippen LogP contribution is 2.35. The maximum absolute atomic E-state index is 13.7. The standard InChI is InChI=1S/C21H24F3N7O2/c22-21(23,24)16-10-18(32)26-11-15(16)19-27-20(30-5-7-33-8-6-30)17-9-14(13-31(17)28-19)12-29-3-1-25-2-4-29/h9-11,13,25H,1-8,12H2,(H,26,32). The maximum Gasteiger partial charge on any atom is 0.417 e. The van der Waals surface area contributed by atoms with Crippen molar-refractivity contribution in [3.8, 4) is 11.4 Å². The zero-order valence-electron chi connectivity index (χ0n) is 17.9. The third kappa shape index (κ3) is 4.59. The number of aromatic nitrogens is 4. The van der Waals surface area contributed by atoms with Crippen LogP contribution in [0, 0.1) is 0 Å². The smallest absolute Gasteiger partial charge is 0.378 e. The van der Waals surface area contributed by atoms with Crippen LogP contribution in [0.2, 0.25) is 0 Å². The van der Waals surface area contributed by atoms with Crippen molar-refractivity contribution in [2.75, 3.05) is 57.4 Å². The van der Waals surface area contributed by atoms with Gasteiger partial charge in [-0.1, -0.05) is 0 Å². The van der Waals surface area contributed by atoms with Gasteiger partial charge in [0.1, 0.15) is 5.52 Å². The van der Waals surface area contributed by atoms with Crippen molar-refractivity contribution in [1.82, 2.24) is 29.8 Å². The molecule has 0 aliphatic carbocycles. The zero-order valence-corrected chi connectivity index (χ0v) is 17.9. The fraction of sp³-hybridized carbons (Fsp3) is 0.476. The van der Waals surface area contributed by atoms with Gasteiger partial charge in [0.05, 0.1) is 18.8 Å². The van der Waals surface area contributed by atoms with Crippen molar-refractivity contribution in [3.63, 3.8) is 0 Å². The Balaban J connectivity index is 1.62. The number of hydrogen-bond acceptors (Lipinski definition) is 7. The van der Waals surface area contributed by atoms with Gasteiger partial charge in [0.25, 0.3) is 0 Å². The van der Waals surface area contributed by atoms with E-state index in [0.717, 1.165) is 50.0 Å². The van der Waals surface area contributed by atoms with E-state index < -0.39 is 17.3 Å². The van der Waals surface area contributed by atoms with Gasteiger partial charge in [0.15, 0.2) is 11.6 Å². The van der Waals surface area contributed by atoms with Crippen LogP contribution in [0.4, 0.5) is 19.0 Å². The predicted molar refractivity (Wildman–Crippen MR) is 115 cm³/mol. The Bertz CT molecular complexity index is 1190. The molecule has 0 radical (unpaired) electrons. The zero-order chi connectivity index (χ0) is 23.0. The second kappa shape index (κ2) is 8.76. The summed E-state index contributed by atoms with van der Waals surface area (Å²) < 4.78 is 48.1. The molecule has 0 amide bonds. The molecule has 0 atom stereocenters. The number of halogens is 3. The molecule has 33 heavy (non-hydrogen) atoms. The summed E-state index contributed by atoms with van der Waals surface area (Å²) in [5, 5.41) is 7.73. The van der Waals surface area contributed by atoms with Gasteiger partial charge in [-0.15, -0.1) is 5.10 Å². The summed E-state index contributed by atoms with van der Waals surface area (Å²) in [6.07, 6.45) is -1.85. The van der Waals surface area contributed by atoms with Gasteiger partial charge < -0.3 is 19.9 Å². The lowest BCUT2D eigenvalue weighted by atomic mass is 10.1. The lowest BCUT2D eigenvalue weighted by molar-refractivity contribution is -0.137. The topological polar surface area (TPSA) is 90.8 Å². The SMILES string of the molecule is O=c1cc(C(F)(F)F)c(-c2nc(N3CCOCC3)c3cc(CN4CCNCC4)cn3n2)c[nH]1. The number of anilines is 1. The van der Waals surface area contributed by atoms with E-state index in [1.807, 2.05) is 17.2 Å². The fourth-order valence-corrected chi connectivity index (χ4v) is 4.26. The molecule has 9 nitrogen and oxygen atoms in total. The molecule has 0 bridgehead atoms.